The van der Waals surface area contributed by atoms with E-state index in [1.165, 1.54) is 12.8 Å². The Hall–Kier alpha value is -0.680. The predicted molar refractivity (Wildman–Crippen MR) is 63.1 cm³/mol. The first-order chi connectivity index (χ1) is 8.03. The van der Waals surface area contributed by atoms with Crippen LogP contribution in [0.15, 0.2) is 29.2 Å². The Balaban J connectivity index is 1.86. The van der Waals surface area contributed by atoms with Gasteiger partial charge in [0.05, 0.1) is 5.75 Å². The summed E-state index contributed by atoms with van der Waals surface area (Å²) >= 11 is 0.839. The molecule has 0 heterocycles. The number of alkyl halides is 3. The first-order valence-electron chi connectivity index (χ1n) is 5.55. The molecule has 1 saturated carbocycles. The summed E-state index contributed by atoms with van der Waals surface area (Å²) < 4.78 is 36.2. The summed E-state index contributed by atoms with van der Waals surface area (Å²) in [7, 11) is 0. The van der Waals surface area contributed by atoms with E-state index in [0.29, 0.717) is 10.9 Å². The molecule has 0 saturated heterocycles. The molecule has 94 valence electrons. The summed E-state index contributed by atoms with van der Waals surface area (Å²) in [6.07, 6.45) is -1.68. The zero-order valence-corrected chi connectivity index (χ0v) is 10.1. The van der Waals surface area contributed by atoms with Crippen LogP contribution in [0.3, 0.4) is 0 Å². The topological polar surface area (TPSA) is 12.0 Å². The SMILES string of the molecule is FC(F)(F)CSc1cccc(CNC2CC2)c1. The lowest BCUT2D eigenvalue weighted by Crippen LogP contribution is -2.15. The maximum absolute atomic E-state index is 12.1. The standard InChI is InChI=1S/C12H14F3NS/c13-12(14,15)8-17-11-3-1-2-9(6-11)7-16-10-4-5-10/h1-3,6,10,16H,4-5,7-8H2. The second kappa shape index (κ2) is 5.31. The van der Waals surface area contributed by atoms with Crippen LogP contribution in [0, 0.1) is 0 Å². The quantitative estimate of drug-likeness (QED) is 0.813. The van der Waals surface area contributed by atoms with Gasteiger partial charge in [0.1, 0.15) is 0 Å². The minimum absolute atomic E-state index is 0.612. The van der Waals surface area contributed by atoms with Crippen molar-refractivity contribution in [3.63, 3.8) is 0 Å². The number of benzene rings is 1. The van der Waals surface area contributed by atoms with Crippen LogP contribution in [0.4, 0.5) is 13.2 Å². The second-order valence-corrected chi connectivity index (χ2v) is 5.26. The average Bonchev–Trinajstić information content (AvgIpc) is 3.07. The molecule has 0 aliphatic heterocycles. The Kier molecular flexibility index (Phi) is 3.99. The van der Waals surface area contributed by atoms with E-state index in [0.717, 1.165) is 23.9 Å². The van der Waals surface area contributed by atoms with Gasteiger partial charge in [-0.2, -0.15) is 13.2 Å². The molecular weight excluding hydrogens is 247 g/mol. The molecule has 0 spiro atoms. The van der Waals surface area contributed by atoms with Crippen LogP contribution in [0.2, 0.25) is 0 Å². The first-order valence-corrected chi connectivity index (χ1v) is 6.53. The van der Waals surface area contributed by atoms with Crippen molar-refractivity contribution in [1.29, 1.82) is 0 Å². The van der Waals surface area contributed by atoms with Crippen molar-refractivity contribution in [2.45, 2.75) is 36.5 Å². The molecule has 1 aliphatic carbocycles. The van der Waals surface area contributed by atoms with E-state index in [9.17, 15) is 13.2 Å². The van der Waals surface area contributed by atoms with Crippen molar-refractivity contribution >= 4 is 11.8 Å². The van der Waals surface area contributed by atoms with Gasteiger partial charge in [-0.15, -0.1) is 11.8 Å². The number of thioether (sulfide) groups is 1. The van der Waals surface area contributed by atoms with Crippen molar-refractivity contribution in [2.75, 3.05) is 5.75 Å². The molecule has 1 nitrogen and oxygen atoms in total. The lowest BCUT2D eigenvalue weighted by atomic mass is 10.2. The summed E-state index contributed by atoms with van der Waals surface area (Å²) in [5, 5.41) is 3.34. The minimum Gasteiger partial charge on any atom is -0.310 e. The summed E-state index contributed by atoms with van der Waals surface area (Å²) in [6.45, 7) is 0.741. The van der Waals surface area contributed by atoms with Gasteiger partial charge in [0.2, 0.25) is 0 Å². The molecule has 5 heteroatoms. The third-order valence-electron chi connectivity index (χ3n) is 2.47. The molecule has 0 bridgehead atoms. The molecule has 0 atom stereocenters. The minimum atomic E-state index is -4.10. The molecule has 1 fully saturated rings. The normalized spacial score (nSPS) is 16.2. The third kappa shape index (κ3) is 5.00. The van der Waals surface area contributed by atoms with Gasteiger partial charge in [-0.25, -0.2) is 0 Å². The molecule has 1 aromatic carbocycles. The van der Waals surface area contributed by atoms with Crippen molar-refractivity contribution in [3.8, 4) is 0 Å². The van der Waals surface area contributed by atoms with Crippen LogP contribution in [0.5, 0.6) is 0 Å². The van der Waals surface area contributed by atoms with Crippen LogP contribution in [0.1, 0.15) is 18.4 Å². The number of hydrogen-bond donors (Lipinski definition) is 1. The molecule has 1 aromatic rings. The maximum atomic E-state index is 12.1. The Labute approximate surface area is 103 Å². The monoisotopic (exact) mass is 261 g/mol. The lowest BCUT2D eigenvalue weighted by molar-refractivity contribution is -0.105. The lowest BCUT2D eigenvalue weighted by Gasteiger charge is -2.08. The van der Waals surface area contributed by atoms with Crippen LogP contribution >= 0.6 is 11.8 Å². The molecule has 0 aromatic heterocycles. The number of rotatable bonds is 5. The van der Waals surface area contributed by atoms with Gasteiger partial charge in [0.15, 0.2) is 0 Å². The van der Waals surface area contributed by atoms with E-state index in [1.807, 2.05) is 18.2 Å². The van der Waals surface area contributed by atoms with Gasteiger partial charge in [-0.3, -0.25) is 0 Å². The fourth-order valence-corrected chi connectivity index (χ4v) is 2.20. The summed E-state index contributed by atoms with van der Waals surface area (Å²) in [5.74, 6) is -0.827. The Morgan fingerprint density at radius 3 is 2.71 bits per heavy atom. The molecule has 0 amide bonds. The van der Waals surface area contributed by atoms with Crippen LogP contribution in [-0.2, 0) is 6.54 Å². The fourth-order valence-electron chi connectivity index (χ4n) is 1.46. The Bertz CT molecular complexity index is 374. The molecular formula is C12H14F3NS. The number of nitrogens with one attached hydrogen (secondary N) is 1. The number of hydrogen-bond acceptors (Lipinski definition) is 2. The van der Waals surface area contributed by atoms with Gasteiger partial charge < -0.3 is 5.32 Å². The van der Waals surface area contributed by atoms with Crippen molar-refractivity contribution in [2.24, 2.45) is 0 Å². The molecule has 17 heavy (non-hydrogen) atoms. The van der Waals surface area contributed by atoms with Crippen LogP contribution < -0.4 is 5.32 Å². The van der Waals surface area contributed by atoms with Gasteiger partial charge in [0, 0.05) is 17.5 Å². The highest BCUT2D eigenvalue weighted by Gasteiger charge is 2.27. The zero-order valence-electron chi connectivity index (χ0n) is 9.26. The zero-order chi connectivity index (χ0) is 12.3. The molecule has 2 rings (SSSR count). The number of halogens is 3. The van der Waals surface area contributed by atoms with Gasteiger partial charge >= 0.3 is 6.18 Å². The van der Waals surface area contributed by atoms with E-state index < -0.39 is 11.9 Å². The highest BCUT2D eigenvalue weighted by atomic mass is 32.2. The average molecular weight is 261 g/mol. The van der Waals surface area contributed by atoms with E-state index in [-0.39, 0.29) is 0 Å². The molecule has 0 radical (unpaired) electrons. The highest BCUT2D eigenvalue weighted by Crippen LogP contribution is 2.27. The smallest absolute Gasteiger partial charge is 0.310 e. The van der Waals surface area contributed by atoms with Gasteiger partial charge in [-0.05, 0) is 30.5 Å². The molecule has 1 aliphatic rings. The van der Waals surface area contributed by atoms with Crippen LogP contribution in [0.25, 0.3) is 0 Å². The van der Waals surface area contributed by atoms with Crippen molar-refractivity contribution in [1.82, 2.24) is 5.32 Å². The van der Waals surface area contributed by atoms with E-state index in [2.05, 4.69) is 5.32 Å². The summed E-state index contributed by atoms with van der Waals surface area (Å²) in [6, 6.07) is 7.90. The van der Waals surface area contributed by atoms with Crippen molar-refractivity contribution in [3.05, 3.63) is 29.8 Å². The van der Waals surface area contributed by atoms with Crippen molar-refractivity contribution < 1.29 is 13.2 Å². The fraction of sp³-hybridized carbons (Fsp3) is 0.500. The van der Waals surface area contributed by atoms with Gasteiger partial charge in [-0.1, -0.05) is 12.1 Å². The Morgan fingerprint density at radius 2 is 2.06 bits per heavy atom. The summed E-state index contributed by atoms with van der Waals surface area (Å²) in [4.78, 5) is 0.678. The first kappa shape index (κ1) is 12.8. The van der Waals surface area contributed by atoms with E-state index >= 15 is 0 Å². The van der Waals surface area contributed by atoms with Gasteiger partial charge in [0.25, 0.3) is 0 Å². The third-order valence-corrected chi connectivity index (χ3v) is 3.53. The Morgan fingerprint density at radius 1 is 1.29 bits per heavy atom. The summed E-state index contributed by atoms with van der Waals surface area (Å²) in [5.41, 5.74) is 1.05. The van der Waals surface area contributed by atoms with E-state index in [1.54, 1.807) is 6.07 Å². The molecule has 0 unspecified atom stereocenters. The van der Waals surface area contributed by atoms with Crippen LogP contribution in [-0.4, -0.2) is 18.0 Å². The molecule has 1 N–H and O–H groups in total. The predicted octanol–water partition coefficient (Wildman–Crippen LogP) is 3.59. The highest BCUT2D eigenvalue weighted by molar-refractivity contribution is 7.99. The van der Waals surface area contributed by atoms with E-state index in [4.69, 9.17) is 0 Å². The largest absolute Gasteiger partial charge is 0.398 e. The second-order valence-electron chi connectivity index (χ2n) is 4.21. The maximum Gasteiger partial charge on any atom is 0.398 e.